The summed E-state index contributed by atoms with van der Waals surface area (Å²) in [5.74, 6) is 0.879. The third-order valence-electron chi connectivity index (χ3n) is 4.36. The average molecular weight is 369 g/mol. The minimum Gasteiger partial charge on any atom is -0.493 e. The molecule has 1 amide bonds. The van der Waals surface area contributed by atoms with E-state index < -0.39 is 6.09 Å². The normalized spacial score (nSPS) is 13.0. The molecule has 2 aromatic rings. The number of ketones is 1. The second-order valence-corrected chi connectivity index (χ2v) is 6.44. The lowest BCUT2D eigenvalue weighted by Gasteiger charge is -2.22. The lowest BCUT2D eigenvalue weighted by atomic mass is 10.1. The van der Waals surface area contributed by atoms with Crippen molar-refractivity contribution >= 4 is 11.9 Å². The predicted octanol–water partition coefficient (Wildman–Crippen LogP) is 4.04. The summed E-state index contributed by atoms with van der Waals surface area (Å²) >= 11 is 0. The molecule has 0 bridgehead atoms. The molecule has 0 saturated heterocycles. The molecule has 1 aliphatic rings. The SMILES string of the molecule is COc1cc(C(C)=O)ccc1OCN(C(=O)OCc1ccccc1)C1CC1. The van der Waals surface area contributed by atoms with E-state index in [1.807, 2.05) is 30.3 Å². The van der Waals surface area contributed by atoms with Crippen molar-refractivity contribution in [1.82, 2.24) is 4.90 Å². The molecule has 0 aliphatic heterocycles. The zero-order valence-electron chi connectivity index (χ0n) is 15.5. The van der Waals surface area contributed by atoms with Crippen molar-refractivity contribution < 1.29 is 23.8 Å². The lowest BCUT2D eigenvalue weighted by molar-refractivity contribution is 0.0606. The summed E-state index contributed by atoms with van der Waals surface area (Å²) in [6.07, 6.45) is 1.47. The quantitative estimate of drug-likeness (QED) is 0.519. The molecular weight excluding hydrogens is 346 g/mol. The average Bonchev–Trinajstić information content (AvgIpc) is 3.52. The highest BCUT2D eigenvalue weighted by molar-refractivity contribution is 5.94. The van der Waals surface area contributed by atoms with Crippen molar-refractivity contribution in [2.24, 2.45) is 0 Å². The summed E-state index contributed by atoms with van der Waals surface area (Å²) in [6.45, 7) is 1.78. The Labute approximate surface area is 158 Å². The van der Waals surface area contributed by atoms with Crippen molar-refractivity contribution in [3.8, 4) is 11.5 Å². The highest BCUT2D eigenvalue weighted by Crippen LogP contribution is 2.31. The van der Waals surface area contributed by atoms with Crippen LogP contribution in [0.4, 0.5) is 4.79 Å². The molecule has 3 rings (SSSR count). The van der Waals surface area contributed by atoms with E-state index in [0.29, 0.717) is 17.1 Å². The number of carbonyl (C=O) groups is 2. The zero-order valence-corrected chi connectivity index (χ0v) is 15.5. The van der Waals surface area contributed by atoms with Crippen molar-refractivity contribution in [3.63, 3.8) is 0 Å². The highest BCUT2D eigenvalue weighted by Gasteiger charge is 2.34. The maximum absolute atomic E-state index is 12.5. The Hall–Kier alpha value is -3.02. The maximum Gasteiger partial charge on any atom is 0.413 e. The fourth-order valence-corrected chi connectivity index (χ4v) is 2.64. The third-order valence-corrected chi connectivity index (χ3v) is 4.36. The first-order chi connectivity index (χ1) is 13.1. The molecule has 27 heavy (non-hydrogen) atoms. The van der Waals surface area contributed by atoms with Crippen LogP contribution in [0.3, 0.4) is 0 Å². The molecule has 0 radical (unpaired) electrons. The Morgan fingerprint density at radius 1 is 1.07 bits per heavy atom. The molecule has 1 fully saturated rings. The summed E-state index contributed by atoms with van der Waals surface area (Å²) in [6, 6.07) is 14.7. The van der Waals surface area contributed by atoms with Gasteiger partial charge in [0.15, 0.2) is 24.0 Å². The maximum atomic E-state index is 12.5. The van der Waals surface area contributed by atoms with Crippen LogP contribution in [0, 0.1) is 0 Å². The van der Waals surface area contributed by atoms with Gasteiger partial charge < -0.3 is 14.2 Å². The Morgan fingerprint density at radius 3 is 2.44 bits per heavy atom. The predicted molar refractivity (Wildman–Crippen MR) is 100.0 cm³/mol. The minimum atomic E-state index is -0.402. The van der Waals surface area contributed by atoms with E-state index in [9.17, 15) is 9.59 Å². The van der Waals surface area contributed by atoms with Gasteiger partial charge in [0, 0.05) is 11.6 Å². The van der Waals surface area contributed by atoms with Crippen LogP contribution < -0.4 is 9.47 Å². The summed E-state index contributed by atoms with van der Waals surface area (Å²) in [5, 5.41) is 0. The highest BCUT2D eigenvalue weighted by atomic mass is 16.6. The van der Waals surface area contributed by atoms with Gasteiger partial charge in [0.1, 0.15) is 6.61 Å². The fraction of sp³-hybridized carbons (Fsp3) is 0.333. The van der Waals surface area contributed by atoms with Gasteiger partial charge in [-0.05, 0) is 43.5 Å². The standard InChI is InChI=1S/C21H23NO5/c1-15(23)17-8-11-19(20(12-17)25-2)27-14-22(18-9-10-18)21(24)26-13-16-6-4-3-5-7-16/h3-8,11-12,18H,9-10,13-14H2,1-2H3. The number of nitrogens with zero attached hydrogens (tertiary/aromatic N) is 1. The van der Waals surface area contributed by atoms with Gasteiger partial charge in [0.05, 0.1) is 7.11 Å². The minimum absolute atomic E-state index is 0.0519. The van der Waals surface area contributed by atoms with E-state index in [4.69, 9.17) is 14.2 Å². The topological polar surface area (TPSA) is 65.1 Å². The Morgan fingerprint density at radius 2 is 1.81 bits per heavy atom. The molecule has 1 saturated carbocycles. The number of carbonyl (C=O) groups excluding carboxylic acids is 2. The monoisotopic (exact) mass is 369 g/mol. The summed E-state index contributed by atoms with van der Waals surface area (Å²) in [5.41, 5.74) is 1.48. The van der Waals surface area contributed by atoms with Gasteiger partial charge in [0.2, 0.25) is 0 Å². The second kappa shape index (κ2) is 8.58. The largest absolute Gasteiger partial charge is 0.493 e. The van der Waals surface area contributed by atoms with E-state index in [1.165, 1.54) is 14.0 Å². The van der Waals surface area contributed by atoms with Gasteiger partial charge in [-0.15, -0.1) is 0 Å². The first-order valence-corrected chi connectivity index (χ1v) is 8.87. The first kappa shape index (κ1) is 18.8. The number of hydrogen-bond donors (Lipinski definition) is 0. The molecule has 142 valence electrons. The van der Waals surface area contributed by atoms with Gasteiger partial charge in [-0.1, -0.05) is 30.3 Å². The first-order valence-electron chi connectivity index (χ1n) is 8.87. The Balaban J connectivity index is 1.61. The Bertz CT molecular complexity index is 801. The van der Waals surface area contributed by atoms with E-state index in [0.717, 1.165) is 18.4 Å². The summed E-state index contributed by atoms with van der Waals surface area (Å²) < 4.78 is 16.5. The molecule has 0 atom stereocenters. The molecule has 6 nitrogen and oxygen atoms in total. The fourth-order valence-electron chi connectivity index (χ4n) is 2.64. The number of Topliss-reactive ketones (excluding diaryl/α,β-unsaturated/α-hetero) is 1. The summed E-state index contributed by atoms with van der Waals surface area (Å²) in [7, 11) is 1.51. The van der Waals surface area contributed by atoms with Crippen molar-refractivity contribution in [1.29, 1.82) is 0 Å². The van der Waals surface area contributed by atoms with Gasteiger partial charge in [0.25, 0.3) is 0 Å². The van der Waals surface area contributed by atoms with Crippen LogP contribution in [0.25, 0.3) is 0 Å². The van der Waals surface area contributed by atoms with Gasteiger partial charge >= 0.3 is 6.09 Å². The van der Waals surface area contributed by atoms with Crippen LogP contribution in [0.2, 0.25) is 0 Å². The second-order valence-electron chi connectivity index (χ2n) is 6.44. The number of amides is 1. The molecule has 0 spiro atoms. The summed E-state index contributed by atoms with van der Waals surface area (Å²) in [4.78, 5) is 25.6. The third kappa shape index (κ3) is 5.00. The van der Waals surface area contributed by atoms with Crippen LogP contribution in [0.1, 0.15) is 35.7 Å². The van der Waals surface area contributed by atoms with E-state index in [1.54, 1.807) is 23.1 Å². The number of rotatable bonds is 8. The molecule has 0 heterocycles. The van der Waals surface area contributed by atoms with Crippen LogP contribution in [-0.4, -0.2) is 36.7 Å². The van der Waals surface area contributed by atoms with Crippen molar-refractivity contribution in [3.05, 3.63) is 59.7 Å². The van der Waals surface area contributed by atoms with Gasteiger partial charge in [-0.2, -0.15) is 0 Å². The van der Waals surface area contributed by atoms with E-state index >= 15 is 0 Å². The Kier molecular flexibility index (Phi) is 5.96. The number of hydrogen-bond acceptors (Lipinski definition) is 5. The molecule has 2 aromatic carbocycles. The van der Waals surface area contributed by atoms with Crippen LogP contribution in [0.15, 0.2) is 48.5 Å². The number of ether oxygens (including phenoxy) is 3. The molecule has 0 aromatic heterocycles. The van der Waals surface area contributed by atoms with E-state index in [-0.39, 0.29) is 25.2 Å². The van der Waals surface area contributed by atoms with Crippen LogP contribution >= 0.6 is 0 Å². The smallest absolute Gasteiger partial charge is 0.413 e. The van der Waals surface area contributed by atoms with Crippen LogP contribution in [-0.2, 0) is 11.3 Å². The molecule has 0 N–H and O–H groups in total. The van der Waals surface area contributed by atoms with Gasteiger partial charge in [-0.25, -0.2) is 4.79 Å². The van der Waals surface area contributed by atoms with Crippen molar-refractivity contribution in [2.45, 2.75) is 32.4 Å². The van der Waals surface area contributed by atoms with E-state index in [2.05, 4.69) is 0 Å². The molecule has 0 unspecified atom stereocenters. The number of methoxy groups -OCH3 is 1. The molecule has 6 heteroatoms. The zero-order chi connectivity index (χ0) is 19.2. The lowest BCUT2D eigenvalue weighted by Crippen LogP contribution is -2.36. The molecule has 1 aliphatic carbocycles. The van der Waals surface area contributed by atoms with Gasteiger partial charge in [-0.3, -0.25) is 9.69 Å². The molecular formula is C21H23NO5. The number of benzene rings is 2. The van der Waals surface area contributed by atoms with Crippen LogP contribution in [0.5, 0.6) is 11.5 Å². The van der Waals surface area contributed by atoms with Crippen molar-refractivity contribution in [2.75, 3.05) is 13.8 Å².